The molecule has 0 amide bonds. The third-order valence-corrected chi connectivity index (χ3v) is 2.74. The third kappa shape index (κ3) is 1.24. The molecule has 3 heteroatoms. The molecule has 0 spiro atoms. The topological polar surface area (TPSA) is 17.1 Å². The van der Waals surface area contributed by atoms with Gasteiger partial charge < -0.3 is 0 Å². The van der Waals surface area contributed by atoms with E-state index < -0.39 is 0 Å². The first-order valence-corrected chi connectivity index (χ1v) is 4.70. The first kappa shape index (κ1) is 7.77. The van der Waals surface area contributed by atoms with Crippen molar-refractivity contribution < 1.29 is 0 Å². The summed E-state index contributed by atoms with van der Waals surface area (Å²) in [6.07, 6.45) is 0. The number of rotatable bonds is 0. The Morgan fingerprint density at radius 2 is 2.08 bits per heavy atom. The highest BCUT2D eigenvalue weighted by molar-refractivity contribution is 7.16. The molecule has 2 aromatic rings. The van der Waals surface area contributed by atoms with E-state index >= 15 is 0 Å². The van der Waals surface area contributed by atoms with Crippen LogP contribution in [0, 0.1) is 0 Å². The summed E-state index contributed by atoms with van der Waals surface area (Å²) in [6, 6.07) is 6.92. The molecule has 60 valence electrons. The second-order valence-electron chi connectivity index (χ2n) is 2.43. The molecule has 0 fully saturated rings. The van der Waals surface area contributed by atoms with Crippen LogP contribution in [0.1, 0.15) is 0 Å². The molecule has 0 saturated carbocycles. The fourth-order valence-electron chi connectivity index (χ4n) is 1.06. The van der Waals surface area contributed by atoms with Gasteiger partial charge in [-0.15, -0.1) is 11.3 Å². The fourth-order valence-corrected chi connectivity index (χ4v) is 2.00. The molecule has 0 aliphatic rings. The number of halogens is 1. The van der Waals surface area contributed by atoms with Crippen LogP contribution in [0.25, 0.3) is 10.1 Å². The van der Waals surface area contributed by atoms with Gasteiger partial charge in [-0.05, 0) is 29.6 Å². The Balaban J connectivity index is 2.98. The highest BCUT2D eigenvalue weighted by Gasteiger charge is 1.97. The molecular weight excluding hydrogens is 192 g/mol. The van der Waals surface area contributed by atoms with E-state index in [-0.39, 0.29) is 5.43 Å². The second-order valence-corrected chi connectivity index (χ2v) is 3.81. The van der Waals surface area contributed by atoms with Crippen LogP contribution in [0.5, 0.6) is 0 Å². The van der Waals surface area contributed by atoms with Gasteiger partial charge in [-0.1, -0.05) is 11.6 Å². The van der Waals surface area contributed by atoms with Gasteiger partial charge in [0, 0.05) is 15.1 Å². The lowest BCUT2D eigenvalue weighted by atomic mass is 10.2. The predicted molar refractivity (Wildman–Crippen MR) is 53.1 cm³/mol. The van der Waals surface area contributed by atoms with E-state index in [1.165, 1.54) is 0 Å². The van der Waals surface area contributed by atoms with Gasteiger partial charge in [-0.2, -0.15) is 0 Å². The summed E-state index contributed by atoms with van der Waals surface area (Å²) in [5, 5.41) is 3.10. The molecule has 1 aromatic carbocycles. The normalized spacial score (nSPS) is 10.4. The predicted octanol–water partition coefficient (Wildman–Crippen LogP) is 2.91. The van der Waals surface area contributed by atoms with E-state index in [1.807, 2.05) is 6.07 Å². The largest absolute Gasteiger partial charge is 0.289 e. The maximum Gasteiger partial charge on any atom is 0.188 e. The molecule has 12 heavy (non-hydrogen) atoms. The van der Waals surface area contributed by atoms with E-state index in [9.17, 15) is 4.79 Å². The molecule has 0 aliphatic carbocycles. The van der Waals surface area contributed by atoms with Crippen LogP contribution in [-0.2, 0) is 0 Å². The molecule has 0 bridgehead atoms. The second kappa shape index (κ2) is 2.88. The quantitative estimate of drug-likeness (QED) is 0.633. The van der Waals surface area contributed by atoms with Gasteiger partial charge in [-0.3, -0.25) is 4.79 Å². The molecule has 1 nitrogen and oxygen atoms in total. The number of fused-ring (bicyclic) bond motifs is 1. The first-order valence-electron chi connectivity index (χ1n) is 3.44. The van der Waals surface area contributed by atoms with Crippen molar-refractivity contribution in [1.29, 1.82) is 0 Å². The van der Waals surface area contributed by atoms with Crippen molar-refractivity contribution in [2.24, 2.45) is 0 Å². The monoisotopic (exact) mass is 196 g/mol. The summed E-state index contributed by atoms with van der Waals surface area (Å²) in [6.45, 7) is 0. The van der Waals surface area contributed by atoms with E-state index in [0.29, 0.717) is 10.4 Å². The summed E-state index contributed by atoms with van der Waals surface area (Å²) in [7, 11) is 0. The van der Waals surface area contributed by atoms with Crippen molar-refractivity contribution >= 4 is 33.0 Å². The van der Waals surface area contributed by atoms with Gasteiger partial charge >= 0.3 is 0 Å². The Kier molecular flexibility index (Phi) is 1.87. The van der Waals surface area contributed by atoms with Crippen molar-refractivity contribution in [3.8, 4) is 0 Å². The van der Waals surface area contributed by atoms with Gasteiger partial charge in [0.15, 0.2) is 5.43 Å². The lowest BCUT2D eigenvalue weighted by molar-refractivity contribution is 1.72. The van der Waals surface area contributed by atoms with E-state index in [1.54, 1.807) is 34.9 Å². The molecule has 0 N–H and O–H groups in total. The minimum atomic E-state index is 0.0336. The van der Waals surface area contributed by atoms with Crippen molar-refractivity contribution in [3.05, 3.63) is 44.9 Å². The molecule has 1 aromatic heterocycles. The first-order chi connectivity index (χ1) is 5.77. The summed E-state index contributed by atoms with van der Waals surface area (Å²) in [5.74, 6) is 0. The highest BCUT2D eigenvalue weighted by atomic mass is 35.5. The van der Waals surface area contributed by atoms with Gasteiger partial charge in [-0.25, -0.2) is 0 Å². The number of hydrogen-bond donors (Lipinski definition) is 0. The Morgan fingerprint density at radius 1 is 1.25 bits per heavy atom. The molecule has 2 rings (SSSR count). The highest BCUT2D eigenvalue weighted by Crippen LogP contribution is 2.18. The van der Waals surface area contributed by atoms with Crippen LogP contribution in [0.4, 0.5) is 0 Å². The average Bonchev–Trinajstić information content (AvgIpc) is 2.07. The van der Waals surface area contributed by atoms with Crippen molar-refractivity contribution in [1.82, 2.24) is 0 Å². The van der Waals surface area contributed by atoms with Crippen molar-refractivity contribution in [2.45, 2.75) is 0 Å². The van der Waals surface area contributed by atoms with Crippen molar-refractivity contribution in [2.75, 3.05) is 0 Å². The Morgan fingerprint density at radius 3 is 2.92 bits per heavy atom. The lowest BCUT2D eigenvalue weighted by Crippen LogP contribution is -1.95. The van der Waals surface area contributed by atoms with Crippen LogP contribution in [0.2, 0.25) is 5.02 Å². The minimum Gasteiger partial charge on any atom is -0.289 e. The Hall–Kier alpha value is -0.860. The number of benzene rings is 1. The summed E-state index contributed by atoms with van der Waals surface area (Å²) in [5.41, 5.74) is 0.0336. The molecule has 1 heterocycles. The molecule has 0 saturated heterocycles. The Labute approximate surface area is 78.2 Å². The molecular formula is C9H5ClOS. The molecule has 0 radical (unpaired) electrons. The van der Waals surface area contributed by atoms with Crippen LogP contribution < -0.4 is 5.43 Å². The third-order valence-electron chi connectivity index (χ3n) is 1.62. The van der Waals surface area contributed by atoms with Crippen LogP contribution >= 0.6 is 22.9 Å². The van der Waals surface area contributed by atoms with E-state index in [2.05, 4.69) is 0 Å². The van der Waals surface area contributed by atoms with Gasteiger partial charge in [0.1, 0.15) is 0 Å². The maximum absolute atomic E-state index is 11.3. The zero-order valence-electron chi connectivity index (χ0n) is 6.08. The van der Waals surface area contributed by atoms with Crippen LogP contribution in [-0.4, -0.2) is 0 Å². The molecule has 0 aliphatic heterocycles. The fraction of sp³-hybridized carbons (Fsp3) is 0. The zero-order chi connectivity index (χ0) is 8.55. The van der Waals surface area contributed by atoms with Gasteiger partial charge in [0.2, 0.25) is 0 Å². The lowest BCUT2D eigenvalue weighted by Gasteiger charge is -1.94. The Bertz CT molecular complexity index is 475. The van der Waals surface area contributed by atoms with Gasteiger partial charge in [0.25, 0.3) is 0 Å². The van der Waals surface area contributed by atoms with Gasteiger partial charge in [0.05, 0.1) is 0 Å². The van der Waals surface area contributed by atoms with E-state index in [4.69, 9.17) is 11.6 Å². The summed E-state index contributed by atoms with van der Waals surface area (Å²) in [4.78, 5) is 11.3. The van der Waals surface area contributed by atoms with Crippen molar-refractivity contribution in [3.63, 3.8) is 0 Å². The minimum absolute atomic E-state index is 0.0336. The van der Waals surface area contributed by atoms with Crippen LogP contribution in [0.3, 0.4) is 0 Å². The standard InChI is InChI=1S/C9H5ClOS/c10-6-1-2-9-7(5-6)8(11)3-4-12-9/h1-5H. The maximum atomic E-state index is 11.3. The zero-order valence-corrected chi connectivity index (χ0v) is 7.65. The van der Waals surface area contributed by atoms with Crippen LogP contribution in [0.15, 0.2) is 34.4 Å². The SMILES string of the molecule is O=c1ccsc2ccc(Cl)cc12. The smallest absolute Gasteiger partial charge is 0.188 e. The average molecular weight is 197 g/mol. The summed E-state index contributed by atoms with van der Waals surface area (Å²) >= 11 is 7.30. The van der Waals surface area contributed by atoms with E-state index in [0.717, 1.165) is 4.70 Å². The number of hydrogen-bond acceptors (Lipinski definition) is 2. The summed E-state index contributed by atoms with van der Waals surface area (Å²) < 4.78 is 0.979. The molecule has 0 unspecified atom stereocenters. The molecule has 0 atom stereocenters.